The average molecular weight is 415 g/mol. The maximum atomic E-state index is 14.5. The Labute approximate surface area is 178 Å². The van der Waals surface area contributed by atoms with Crippen LogP contribution in [0.15, 0.2) is 42.5 Å². The number of esters is 1. The summed E-state index contributed by atoms with van der Waals surface area (Å²) in [5.74, 6) is -0.259. The van der Waals surface area contributed by atoms with E-state index in [4.69, 9.17) is 4.74 Å². The molecule has 0 bridgehead atoms. The summed E-state index contributed by atoms with van der Waals surface area (Å²) in [5.41, 5.74) is 0.939. The van der Waals surface area contributed by atoms with Crippen LogP contribution >= 0.6 is 0 Å². The Hall–Kier alpha value is -2.23. The first-order chi connectivity index (χ1) is 14.6. The summed E-state index contributed by atoms with van der Waals surface area (Å²) in [6.07, 6.45) is 11.7. The topological polar surface area (TPSA) is 26.3 Å². The molecule has 0 spiro atoms. The van der Waals surface area contributed by atoms with Gasteiger partial charge in [0.1, 0.15) is 17.4 Å². The second-order valence-corrected chi connectivity index (χ2v) is 8.49. The minimum Gasteiger partial charge on any atom is -0.426 e. The zero-order valence-corrected chi connectivity index (χ0v) is 17.8. The van der Waals surface area contributed by atoms with Crippen LogP contribution in [0.3, 0.4) is 0 Å². The molecule has 3 rings (SSSR count). The zero-order chi connectivity index (χ0) is 21.3. The number of carbonyl (C=O) groups excluding carboxylic acids is 1. The highest BCUT2D eigenvalue weighted by atomic mass is 19.1. The molecule has 1 saturated carbocycles. The molecule has 2 aromatic carbocycles. The summed E-state index contributed by atoms with van der Waals surface area (Å²) < 4.78 is 33.0. The minimum atomic E-state index is -0.487. The lowest BCUT2D eigenvalue weighted by Gasteiger charge is -2.27. The second kappa shape index (κ2) is 11.2. The van der Waals surface area contributed by atoms with Crippen LogP contribution in [0, 0.1) is 23.5 Å². The van der Waals surface area contributed by atoms with Crippen LogP contribution in [-0.2, 0) is 4.79 Å². The van der Waals surface area contributed by atoms with Gasteiger partial charge in [-0.15, -0.1) is 0 Å². The van der Waals surface area contributed by atoms with Crippen LogP contribution in [0.1, 0.15) is 71.1 Å². The Morgan fingerprint density at radius 2 is 1.63 bits per heavy atom. The molecule has 1 aliphatic carbocycles. The van der Waals surface area contributed by atoms with Crippen LogP contribution in [0.2, 0.25) is 0 Å². The highest BCUT2D eigenvalue weighted by Crippen LogP contribution is 2.33. The van der Waals surface area contributed by atoms with E-state index in [0.717, 1.165) is 31.6 Å². The smallest absolute Gasteiger partial charge is 0.314 e. The monoisotopic (exact) mass is 414 g/mol. The Morgan fingerprint density at radius 1 is 0.933 bits per heavy atom. The number of unbranched alkanes of at least 4 members (excludes halogenated alkanes) is 4. The average Bonchev–Trinajstić information content (AvgIpc) is 2.75. The van der Waals surface area contributed by atoms with E-state index < -0.39 is 5.82 Å². The van der Waals surface area contributed by atoms with Crippen LogP contribution in [0.5, 0.6) is 5.75 Å². The fourth-order valence-corrected chi connectivity index (χ4v) is 4.35. The third kappa shape index (κ3) is 6.38. The van der Waals surface area contributed by atoms with Gasteiger partial charge in [-0.3, -0.25) is 4.79 Å². The molecule has 0 heterocycles. The van der Waals surface area contributed by atoms with Gasteiger partial charge in [-0.05, 0) is 61.4 Å². The fraction of sp³-hybridized carbons (Fsp3) is 0.500. The van der Waals surface area contributed by atoms with E-state index in [1.807, 2.05) is 0 Å². The first kappa shape index (κ1) is 22.5. The van der Waals surface area contributed by atoms with Crippen molar-refractivity contribution in [3.8, 4) is 16.9 Å². The SMILES string of the molecule is CCCCCCCC1CCC(C(=O)Oc2ccc(-c3ccc(F)cc3)c(F)c2)CC1. The van der Waals surface area contributed by atoms with E-state index in [2.05, 4.69) is 6.92 Å². The molecule has 2 aromatic rings. The van der Waals surface area contributed by atoms with Gasteiger partial charge in [0, 0.05) is 11.6 Å². The number of hydrogen-bond donors (Lipinski definition) is 0. The molecule has 162 valence electrons. The van der Waals surface area contributed by atoms with Gasteiger partial charge in [0.05, 0.1) is 5.92 Å². The molecule has 0 amide bonds. The molecule has 0 aliphatic heterocycles. The van der Waals surface area contributed by atoms with Gasteiger partial charge >= 0.3 is 5.97 Å². The van der Waals surface area contributed by atoms with E-state index in [1.54, 1.807) is 12.1 Å². The van der Waals surface area contributed by atoms with Gasteiger partial charge in [0.2, 0.25) is 0 Å². The van der Waals surface area contributed by atoms with Crippen LogP contribution in [0.4, 0.5) is 8.78 Å². The maximum absolute atomic E-state index is 14.5. The summed E-state index contributed by atoms with van der Waals surface area (Å²) in [4.78, 5) is 12.5. The molecule has 0 radical (unpaired) electrons. The van der Waals surface area contributed by atoms with Crippen LogP contribution in [-0.4, -0.2) is 5.97 Å². The summed E-state index contributed by atoms with van der Waals surface area (Å²) in [6, 6.07) is 10.1. The molecule has 0 unspecified atom stereocenters. The first-order valence-corrected chi connectivity index (χ1v) is 11.3. The van der Waals surface area contributed by atoms with Gasteiger partial charge in [-0.2, -0.15) is 0 Å². The lowest BCUT2D eigenvalue weighted by molar-refractivity contribution is -0.140. The van der Waals surface area contributed by atoms with Crippen molar-refractivity contribution in [3.63, 3.8) is 0 Å². The van der Waals surface area contributed by atoms with Crippen molar-refractivity contribution >= 4 is 5.97 Å². The molecule has 1 fully saturated rings. The number of ether oxygens (including phenoxy) is 1. The lowest BCUT2D eigenvalue weighted by atomic mass is 9.80. The largest absolute Gasteiger partial charge is 0.426 e. The molecule has 2 nitrogen and oxygen atoms in total. The van der Waals surface area contributed by atoms with Crippen LogP contribution < -0.4 is 4.74 Å². The van der Waals surface area contributed by atoms with Gasteiger partial charge in [-0.1, -0.05) is 57.6 Å². The molecule has 4 heteroatoms. The standard InChI is InChI=1S/C26H32F2O2/c1-2-3-4-5-6-7-19-8-10-21(11-9-19)26(29)30-23-16-17-24(25(28)18-23)20-12-14-22(27)15-13-20/h12-19,21H,2-11H2,1H3. The summed E-state index contributed by atoms with van der Waals surface area (Å²) in [6.45, 7) is 2.23. The third-order valence-electron chi connectivity index (χ3n) is 6.21. The Balaban J connectivity index is 1.47. The second-order valence-electron chi connectivity index (χ2n) is 8.49. The minimum absolute atomic E-state index is 0.0961. The lowest BCUT2D eigenvalue weighted by Crippen LogP contribution is -2.25. The Bertz CT molecular complexity index is 808. The van der Waals surface area contributed by atoms with E-state index in [0.29, 0.717) is 11.1 Å². The summed E-state index contributed by atoms with van der Waals surface area (Å²) >= 11 is 0. The molecule has 0 saturated heterocycles. The predicted octanol–water partition coefficient (Wildman–Crippen LogP) is 7.70. The molecular weight excluding hydrogens is 382 g/mol. The molecule has 0 atom stereocenters. The summed E-state index contributed by atoms with van der Waals surface area (Å²) in [5, 5.41) is 0. The van der Waals surface area contributed by atoms with Gasteiger partial charge in [-0.25, -0.2) is 8.78 Å². The molecular formula is C26H32F2O2. The van der Waals surface area contributed by atoms with Gasteiger partial charge in [0.25, 0.3) is 0 Å². The maximum Gasteiger partial charge on any atom is 0.314 e. The first-order valence-electron chi connectivity index (χ1n) is 11.3. The number of hydrogen-bond acceptors (Lipinski definition) is 2. The molecule has 0 N–H and O–H groups in total. The van der Waals surface area contributed by atoms with Crippen LogP contribution in [0.25, 0.3) is 11.1 Å². The molecule has 30 heavy (non-hydrogen) atoms. The summed E-state index contributed by atoms with van der Waals surface area (Å²) in [7, 11) is 0. The highest BCUT2D eigenvalue weighted by Gasteiger charge is 2.27. The fourth-order valence-electron chi connectivity index (χ4n) is 4.35. The van der Waals surface area contributed by atoms with E-state index in [9.17, 15) is 13.6 Å². The predicted molar refractivity (Wildman–Crippen MR) is 116 cm³/mol. The number of halogens is 2. The number of benzene rings is 2. The molecule has 0 aromatic heterocycles. The van der Waals surface area contributed by atoms with Crippen molar-refractivity contribution in [1.82, 2.24) is 0 Å². The highest BCUT2D eigenvalue weighted by molar-refractivity contribution is 5.75. The molecule has 1 aliphatic rings. The van der Waals surface area contributed by atoms with Gasteiger partial charge in [0.15, 0.2) is 0 Å². The third-order valence-corrected chi connectivity index (χ3v) is 6.21. The quantitative estimate of drug-likeness (QED) is 0.239. The number of rotatable bonds is 9. The van der Waals surface area contributed by atoms with Crippen molar-refractivity contribution in [2.45, 2.75) is 71.1 Å². The Kier molecular flexibility index (Phi) is 8.41. The van der Waals surface area contributed by atoms with E-state index >= 15 is 0 Å². The van der Waals surface area contributed by atoms with Crippen molar-refractivity contribution in [3.05, 3.63) is 54.1 Å². The van der Waals surface area contributed by atoms with Gasteiger partial charge < -0.3 is 4.74 Å². The zero-order valence-electron chi connectivity index (χ0n) is 17.8. The van der Waals surface area contributed by atoms with Crippen molar-refractivity contribution in [1.29, 1.82) is 0 Å². The number of carbonyl (C=O) groups is 1. The van der Waals surface area contributed by atoms with Crippen molar-refractivity contribution < 1.29 is 18.3 Å². The Morgan fingerprint density at radius 3 is 2.30 bits per heavy atom. The van der Waals surface area contributed by atoms with Crippen molar-refractivity contribution in [2.75, 3.05) is 0 Å². The van der Waals surface area contributed by atoms with E-state index in [1.165, 1.54) is 68.9 Å². The normalized spacial score (nSPS) is 18.9. The van der Waals surface area contributed by atoms with Crippen molar-refractivity contribution in [2.24, 2.45) is 11.8 Å². The van der Waals surface area contributed by atoms with E-state index in [-0.39, 0.29) is 23.5 Å².